The third-order valence-electron chi connectivity index (χ3n) is 5.31. The van der Waals surface area contributed by atoms with Gasteiger partial charge in [-0.3, -0.25) is 14.4 Å². The number of nitrogens with zero attached hydrogens (tertiary/aromatic N) is 2. The first kappa shape index (κ1) is 24.7. The lowest BCUT2D eigenvalue weighted by atomic mass is 10.1. The molecule has 0 aromatic heterocycles. The number of nitrogens with one attached hydrogen (secondary N) is 1. The fourth-order valence-electron chi connectivity index (χ4n) is 3.42. The number of benzene rings is 2. The van der Waals surface area contributed by atoms with Gasteiger partial charge < -0.3 is 10.2 Å². The molecule has 1 atom stereocenters. The van der Waals surface area contributed by atoms with Gasteiger partial charge in [0.1, 0.15) is 17.5 Å². The molecule has 0 spiro atoms. The van der Waals surface area contributed by atoms with Gasteiger partial charge in [-0.05, 0) is 42.7 Å². The standard InChI is InChI=1S/C23H26ClN3O5S/c1-15(2)12-25-22(29)16(3)26(13-17-8-10-18(24)11-9-17)21(28)14-27-23(30)19-6-4-5-7-20(19)33(27,31)32/h4-11,15-16H,12-14H2,1-3H3,(H,25,29)/t16-/m1/s1. The quantitative estimate of drug-likeness (QED) is 0.611. The first-order chi connectivity index (χ1) is 15.5. The molecule has 0 unspecified atom stereocenters. The Morgan fingerprint density at radius 3 is 2.30 bits per heavy atom. The maximum absolute atomic E-state index is 13.3. The minimum Gasteiger partial charge on any atom is -0.354 e. The van der Waals surface area contributed by atoms with Crippen LogP contribution < -0.4 is 5.32 Å². The highest BCUT2D eigenvalue weighted by Gasteiger charge is 2.43. The average molecular weight is 492 g/mol. The fourth-order valence-corrected chi connectivity index (χ4v) is 5.07. The van der Waals surface area contributed by atoms with E-state index in [-0.39, 0.29) is 28.8 Å². The van der Waals surface area contributed by atoms with Crippen LogP contribution >= 0.6 is 11.6 Å². The maximum Gasteiger partial charge on any atom is 0.269 e. The Morgan fingerprint density at radius 1 is 1.06 bits per heavy atom. The van der Waals surface area contributed by atoms with Crippen molar-refractivity contribution in [2.75, 3.05) is 13.1 Å². The SMILES string of the molecule is CC(C)CNC(=O)[C@@H](C)N(Cc1ccc(Cl)cc1)C(=O)CN1C(=O)c2ccccc2S1(=O)=O. The van der Waals surface area contributed by atoms with Crippen LogP contribution in [0, 0.1) is 5.92 Å². The number of halogens is 1. The van der Waals surface area contributed by atoms with E-state index in [1.54, 1.807) is 37.3 Å². The second-order valence-electron chi connectivity index (χ2n) is 8.28. The van der Waals surface area contributed by atoms with Crippen molar-refractivity contribution in [1.82, 2.24) is 14.5 Å². The van der Waals surface area contributed by atoms with E-state index in [0.717, 1.165) is 0 Å². The average Bonchev–Trinajstić information content (AvgIpc) is 2.97. The first-order valence-electron chi connectivity index (χ1n) is 10.5. The van der Waals surface area contributed by atoms with Gasteiger partial charge in [-0.1, -0.05) is 49.7 Å². The Labute approximate surface area is 198 Å². The summed E-state index contributed by atoms with van der Waals surface area (Å²) < 4.78 is 26.3. The van der Waals surface area contributed by atoms with Gasteiger partial charge in [0.2, 0.25) is 11.8 Å². The fraction of sp³-hybridized carbons (Fsp3) is 0.348. The molecule has 1 aliphatic rings. The molecule has 1 heterocycles. The van der Waals surface area contributed by atoms with E-state index in [2.05, 4.69) is 5.32 Å². The topological polar surface area (TPSA) is 104 Å². The van der Waals surface area contributed by atoms with Crippen molar-refractivity contribution in [3.8, 4) is 0 Å². The third-order valence-corrected chi connectivity index (χ3v) is 7.35. The van der Waals surface area contributed by atoms with Crippen LogP contribution in [-0.4, -0.2) is 54.5 Å². The summed E-state index contributed by atoms with van der Waals surface area (Å²) in [5.41, 5.74) is 0.729. The van der Waals surface area contributed by atoms with Gasteiger partial charge in [0, 0.05) is 18.1 Å². The molecule has 176 valence electrons. The lowest BCUT2D eigenvalue weighted by Crippen LogP contribution is -2.51. The summed E-state index contributed by atoms with van der Waals surface area (Å²) in [7, 11) is -4.15. The molecular formula is C23H26ClN3O5S. The number of amides is 3. The Morgan fingerprint density at radius 2 is 1.70 bits per heavy atom. The zero-order valence-electron chi connectivity index (χ0n) is 18.6. The number of hydrogen-bond acceptors (Lipinski definition) is 5. The Balaban J connectivity index is 1.86. The minimum absolute atomic E-state index is 0.0253. The summed E-state index contributed by atoms with van der Waals surface area (Å²) in [5.74, 6) is -1.58. The highest BCUT2D eigenvalue weighted by Crippen LogP contribution is 2.30. The molecular weight excluding hydrogens is 466 g/mol. The molecule has 0 aliphatic carbocycles. The molecule has 2 aromatic rings. The third kappa shape index (κ3) is 5.36. The number of fused-ring (bicyclic) bond motifs is 1. The van der Waals surface area contributed by atoms with Gasteiger partial charge >= 0.3 is 0 Å². The molecule has 0 saturated heterocycles. The second kappa shape index (κ2) is 9.93. The van der Waals surface area contributed by atoms with Crippen LogP contribution in [-0.2, 0) is 26.2 Å². The monoisotopic (exact) mass is 491 g/mol. The highest BCUT2D eigenvalue weighted by atomic mass is 35.5. The van der Waals surface area contributed by atoms with Gasteiger partial charge in [0.25, 0.3) is 15.9 Å². The zero-order valence-corrected chi connectivity index (χ0v) is 20.2. The van der Waals surface area contributed by atoms with Gasteiger partial charge in [-0.25, -0.2) is 12.7 Å². The minimum atomic E-state index is -4.15. The highest BCUT2D eigenvalue weighted by molar-refractivity contribution is 7.90. The van der Waals surface area contributed by atoms with Crippen LogP contribution in [0.15, 0.2) is 53.4 Å². The Bertz CT molecular complexity index is 1160. The second-order valence-corrected chi connectivity index (χ2v) is 10.5. The summed E-state index contributed by atoms with van der Waals surface area (Å²) in [6, 6.07) is 11.7. The first-order valence-corrected chi connectivity index (χ1v) is 12.3. The van der Waals surface area contributed by atoms with E-state index in [9.17, 15) is 22.8 Å². The summed E-state index contributed by atoms with van der Waals surface area (Å²) in [6.45, 7) is 5.23. The van der Waals surface area contributed by atoms with Crippen molar-refractivity contribution in [2.24, 2.45) is 5.92 Å². The van der Waals surface area contributed by atoms with E-state index in [1.165, 1.54) is 23.1 Å². The lowest BCUT2D eigenvalue weighted by Gasteiger charge is -2.30. The van der Waals surface area contributed by atoms with Gasteiger partial charge in [0.05, 0.1) is 5.56 Å². The summed E-state index contributed by atoms with van der Waals surface area (Å²) in [6.07, 6.45) is 0. The number of carbonyl (C=O) groups is 3. The van der Waals surface area contributed by atoms with Crippen LogP contribution in [0.2, 0.25) is 5.02 Å². The maximum atomic E-state index is 13.3. The zero-order chi connectivity index (χ0) is 24.3. The molecule has 2 aromatic carbocycles. The normalized spacial score (nSPS) is 15.3. The molecule has 0 saturated carbocycles. The Hall–Kier alpha value is -2.91. The summed E-state index contributed by atoms with van der Waals surface area (Å²) >= 11 is 5.94. The number of sulfonamides is 1. The molecule has 33 heavy (non-hydrogen) atoms. The van der Waals surface area contributed by atoms with Gasteiger partial charge in [-0.15, -0.1) is 0 Å². The molecule has 1 aliphatic heterocycles. The van der Waals surface area contributed by atoms with Crippen molar-refractivity contribution in [1.29, 1.82) is 0 Å². The van der Waals surface area contributed by atoms with E-state index < -0.39 is 34.4 Å². The van der Waals surface area contributed by atoms with Crippen molar-refractivity contribution < 1.29 is 22.8 Å². The summed E-state index contributed by atoms with van der Waals surface area (Å²) in [5, 5.41) is 3.31. The van der Waals surface area contributed by atoms with Crippen LogP contribution in [0.5, 0.6) is 0 Å². The number of carbonyl (C=O) groups excluding carboxylic acids is 3. The molecule has 0 radical (unpaired) electrons. The molecule has 0 bridgehead atoms. The molecule has 3 amide bonds. The van der Waals surface area contributed by atoms with Crippen LogP contribution in [0.3, 0.4) is 0 Å². The van der Waals surface area contributed by atoms with Crippen LogP contribution in [0.25, 0.3) is 0 Å². The lowest BCUT2D eigenvalue weighted by molar-refractivity contribution is -0.140. The number of rotatable bonds is 8. The molecule has 8 nitrogen and oxygen atoms in total. The van der Waals surface area contributed by atoms with Gasteiger partial charge in [-0.2, -0.15) is 0 Å². The van der Waals surface area contributed by atoms with E-state index in [0.29, 0.717) is 21.4 Å². The number of hydrogen-bond donors (Lipinski definition) is 1. The van der Waals surface area contributed by atoms with Crippen LogP contribution in [0.4, 0.5) is 0 Å². The summed E-state index contributed by atoms with van der Waals surface area (Å²) in [4.78, 5) is 39.9. The molecule has 1 N–H and O–H groups in total. The van der Waals surface area contributed by atoms with Gasteiger partial charge in [0.15, 0.2) is 0 Å². The molecule has 3 rings (SSSR count). The predicted octanol–water partition coefficient (Wildman–Crippen LogP) is 2.67. The molecule has 10 heteroatoms. The molecule has 0 fully saturated rings. The van der Waals surface area contributed by atoms with Crippen LogP contribution in [0.1, 0.15) is 36.7 Å². The van der Waals surface area contributed by atoms with E-state index >= 15 is 0 Å². The Kier molecular flexibility index (Phi) is 7.44. The largest absolute Gasteiger partial charge is 0.354 e. The predicted molar refractivity (Wildman–Crippen MR) is 124 cm³/mol. The van der Waals surface area contributed by atoms with E-state index in [4.69, 9.17) is 11.6 Å². The van der Waals surface area contributed by atoms with Crippen molar-refractivity contribution in [2.45, 2.75) is 38.3 Å². The van der Waals surface area contributed by atoms with Crippen molar-refractivity contribution in [3.63, 3.8) is 0 Å². The van der Waals surface area contributed by atoms with Crippen molar-refractivity contribution in [3.05, 3.63) is 64.7 Å². The van der Waals surface area contributed by atoms with Crippen molar-refractivity contribution >= 4 is 39.3 Å². The smallest absolute Gasteiger partial charge is 0.269 e. The van der Waals surface area contributed by atoms with E-state index in [1.807, 2.05) is 13.8 Å².